The predicted octanol–water partition coefficient (Wildman–Crippen LogP) is 2.15. The summed E-state index contributed by atoms with van der Waals surface area (Å²) in [5.74, 6) is 0.562. The van der Waals surface area contributed by atoms with Crippen LogP contribution in [0.15, 0.2) is 24.3 Å². The first kappa shape index (κ1) is 15.8. The Labute approximate surface area is 127 Å². The monoisotopic (exact) mass is 289 g/mol. The molecule has 0 aliphatic carbocycles. The van der Waals surface area contributed by atoms with Gasteiger partial charge in [-0.1, -0.05) is 32.0 Å². The molecular formula is C17H27N3O. The van der Waals surface area contributed by atoms with E-state index in [1.807, 2.05) is 0 Å². The Hall–Kier alpha value is -1.55. The quantitative estimate of drug-likeness (QED) is 0.808. The summed E-state index contributed by atoms with van der Waals surface area (Å²) in [6, 6.07) is 8.48. The third-order valence-corrected chi connectivity index (χ3v) is 3.75. The zero-order valence-electron chi connectivity index (χ0n) is 13.2. The highest BCUT2D eigenvalue weighted by molar-refractivity contribution is 5.78. The average Bonchev–Trinajstić information content (AvgIpc) is 3.00. The van der Waals surface area contributed by atoms with E-state index in [0.717, 1.165) is 26.2 Å². The van der Waals surface area contributed by atoms with Crippen molar-refractivity contribution in [1.82, 2.24) is 10.6 Å². The molecule has 0 aromatic heterocycles. The fraction of sp³-hybridized carbons (Fsp3) is 0.588. The molecule has 0 spiro atoms. The van der Waals surface area contributed by atoms with Crippen molar-refractivity contribution in [2.75, 3.05) is 31.1 Å². The summed E-state index contributed by atoms with van der Waals surface area (Å²) >= 11 is 0. The van der Waals surface area contributed by atoms with Gasteiger partial charge in [0.05, 0.1) is 6.54 Å². The molecule has 116 valence electrons. The number of carbonyl (C=O) groups is 1. The van der Waals surface area contributed by atoms with E-state index in [0.29, 0.717) is 12.5 Å². The first-order valence-electron chi connectivity index (χ1n) is 7.97. The first-order chi connectivity index (χ1) is 10.2. The normalized spacial score (nSPS) is 14.7. The Morgan fingerprint density at radius 1 is 1.24 bits per heavy atom. The highest BCUT2D eigenvalue weighted by Crippen LogP contribution is 2.24. The Kier molecular flexibility index (Phi) is 6.05. The van der Waals surface area contributed by atoms with Gasteiger partial charge in [0.2, 0.25) is 5.91 Å². The highest BCUT2D eigenvalue weighted by atomic mass is 16.1. The van der Waals surface area contributed by atoms with Gasteiger partial charge in [0.15, 0.2) is 0 Å². The molecule has 1 aliphatic heterocycles. The van der Waals surface area contributed by atoms with Gasteiger partial charge in [0, 0.05) is 31.9 Å². The lowest BCUT2D eigenvalue weighted by molar-refractivity contribution is -0.120. The number of rotatable bonds is 7. The SMILES string of the molecule is CC(C)CNC(=O)CNCc1ccccc1N1CCCC1. The lowest BCUT2D eigenvalue weighted by atomic mass is 10.1. The molecule has 1 aromatic carbocycles. The van der Waals surface area contributed by atoms with E-state index in [2.05, 4.69) is 53.6 Å². The van der Waals surface area contributed by atoms with Crippen molar-refractivity contribution < 1.29 is 4.79 Å². The van der Waals surface area contributed by atoms with Crippen molar-refractivity contribution in [3.63, 3.8) is 0 Å². The maximum atomic E-state index is 11.7. The average molecular weight is 289 g/mol. The number of amides is 1. The number of nitrogens with zero attached hydrogens (tertiary/aromatic N) is 1. The summed E-state index contributed by atoms with van der Waals surface area (Å²) in [7, 11) is 0. The molecule has 4 nitrogen and oxygen atoms in total. The smallest absolute Gasteiger partial charge is 0.233 e. The van der Waals surface area contributed by atoms with Crippen LogP contribution in [0.4, 0.5) is 5.69 Å². The summed E-state index contributed by atoms with van der Waals surface area (Å²) < 4.78 is 0. The third kappa shape index (κ3) is 5.05. The van der Waals surface area contributed by atoms with Crippen LogP contribution < -0.4 is 15.5 Å². The molecule has 0 bridgehead atoms. The van der Waals surface area contributed by atoms with Gasteiger partial charge < -0.3 is 15.5 Å². The minimum absolute atomic E-state index is 0.0716. The van der Waals surface area contributed by atoms with Crippen LogP contribution in [-0.4, -0.2) is 32.1 Å². The first-order valence-corrected chi connectivity index (χ1v) is 7.97. The topological polar surface area (TPSA) is 44.4 Å². The molecule has 2 rings (SSSR count). The van der Waals surface area contributed by atoms with E-state index >= 15 is 0 Å². The molecule has 0 atom stereocenters. The number of hydrogen-bond acceptors (Lipinski definition) is 3. The number of carbonyl (C=O) groups excluding carboxylic acids is 1. The predicted molar refractivity (Wildman–Crippen MR) is 87.4 cm³/mol. The Morgan fingerprint density at radius 3 is 2.67 bits per heavy atom. The van der Waals surface area contributed by atoms with Gasteiger partial charge in [-0.25, -0.2) is 0 Å². The lowest BCUT2D eigenvalue weighted by Gasteiger charge is -2.21. The molecule has 1 aromatic rings. The molecule has 1 heterocycles. The summed E-state index contributed by atoms with van der Waals surface area (Å²) in [5, 5.41) is 6.18. The summed E-state index contributed by atoms with van der Waals surface area (Å²) in [4.78, 5) is 14.1. The number of anilines is 1. The van der Waals surface area contributed by atoms with Crippen molar-refractivity contribution in [3.8, 4) is 0 Å². The maximum absolute atomic E-state index is 11.7. The van der Waals surface area contributed by atoms with E-state index in [1.54, 1.807) is 0 Å². The Bertz CT molecular complexity index is 453. The van der Waals surface area contributed by atoms with Crippen molar-refractivity contribution in [2.45, 2.75) is 33.2 Å². The summed E-state index contributed by atoms with van der Waals surface area (Å²) in [6.45, 7) is 8.34. The van der Waals surface area contributed by atoms with Gasteiger partial charge in [-0.05, 0) is 30.4 Å². The minimum atomic E-state index is 0.0716. The number of hydrogen-bond donors (Lipinski definition) is 2. The van der Waals surface area contributed by atoms with Crippen molar-refractivity contribution in [1.29, 1.82) is 0 Å². The van der Waals surface area contributed by atoms with Crippen LogP contribution in [0, 0.1) is 5.92 Å². The Balaban J connectivity index is 1.81. The molecule has 0 radical (unpaired) electrons. The fourth-order valence-corrected chi connectivity index (χ4v) is 2.62. The summed E-state index contributed by atoms with van der Waals surface area (Å²) in [5.41, 5.74) is 2.58. The van der Waals surface area contributed by atoms with E-state index in [-0.39, 0.29) is 5.91 Å². The van der Waals surface area contributed by atoms with E-state index in [9.17, 15) is 4.79 Å². The van der Waals surface area contributed by atoms with Crippen LogP contribution >= 0.6 is 0 Å². The van der Waals surface area contributed by atoms with Crippen molar-refractivity contribution in [3.05, 3.63) is 29.8 Å². The van der Waals surface area contributed by atoms with E-state index < -0.39 is 0 Å². The van der Waals surface area contributed by atoms with Gasteiger partial charge in [0.25, 0.3) is 0 Å². The van der Waals surface area contributed by atoms with Crippen molar-refractivity contribution >= 4 is 11.6 Å². The second-order valence-electron chi connectivity index (χ2n) is 6.12. The molecule has 0 saturated carbocycles. The molecule has 21 heavy (non-hydrogen) atoms. The van der Waals surface area contributed by atoms with Crippen LogP contribution in [0.5, 0.6) is 0 Å². The second-order valence-corrected chi connectivity index (χ2v) is 6.12. The van der Waals surface area contributed by atoms with Gasteiger partial charge in [0.1, 0.15) is 0 Å². The Morgan fingerprint density at radius 2 is 1.95 bits per heavy atom. The van der Waals surface area contributed by atoms with E-state index in [4.69, 9.17) is 0 Å². The standard InChI is InChI=1S/C17H27N3O/c1-14(2)11-19-17(21)13-18-12-15-7-3-4-8-16(15)20-9-5-6-10-20/h3-4,7-8,14,18H,5-6,9-13H2,1-2H3,(H,19,21). The third-order valence-electron chi connectivity index (χ3n) is 3.75. The number of para-hydroxylation sites is 1. The molecule has 4 heteroatoms. The van der Waals surface area contributed by atoms with Gasteiger partial charge in [-0.3, -0.25) is 4.79 Å². The van der Waals surface area contributed by atoms with Gasteiger partial charge >= 0.3 is 0 Å². The fourth-order valence-electron chi connectivity index (χ4n) is 2.62. The molecule has 1 fully saturated rings. The second kappa shape index (κ2) is 8.03. The molecule has 0 unspecified atom stereocenters. The zero-order chi connectivity index (χ0) is 15.1. The van der Waals surface area contributed by atoms with Crippen LogP contribution in [0.2, 0.25) is 0 Å². The van der Waals surface area contributed by atoms with Gasteiger partial charge in [-0.2, -0.15) is 0 Å². The molecular weight excluding hydrogens is 262 g/mol. The van der Waals surface area contributed by atoms with Crippen LogP contribution in [-0.2, 0) is 11.3 Å². The maximum Gasteiger partial charge on any atom is 0.233 e. The zero-order valence-corrected chi connectivity index (χ0v) is 13.2. The summed E-state index contributed by atoms with van der Waals surface area (Å²) in [6.07, 6.45) is 2.55. The number of benzene rings is 1. The van der Waals surface area contributed by atoms with Gasteiger partial charge in [-0.15, -0.1) is 0 Å². The van der Waals surface area contributed by atoms with Crippen molar-refractivity contribution in [2.24, 2.45) is 5.92 Å². The lowest BCUT2D eigenvalue weighted by Crippen LogP contribution is -2.35. The molecule has 1 aliphatic rings. The largest absolute Gasteiger partial charge is 0.371 e. The van der Waals surface area contributed by atoms with Crippen LogP contribution in [0.3, 0.4) is 0 Å². The number of nitrogens with one attached hydrogen (secondary N) is 2. The molecule has 2 N–H and O–H groups in total. The highest BCUT2D eigenvalue weighted by Gasteiger charge is 2.15. The molecule has 1 amide bonds. The minimum Gasteiger partial charge on any atom is -0.371 e. The van der Waals surface area contributed by atoms with Crippen LogP contribution in [0.25, 0.3) is 0 Å². The van der Waals surface area contributed by atoms with Crippen LogP contribution in [0.1, 0.15) is 32.3 Å². The molecule has 1 saturated heterocycles. The van der Waals surface area contributed by atoms with E-state index in [1.165, 1.54) is 24.1 Å².